The van der Waals surface area contributed by atoms with Crippen molar-refractivity contribution >= 4 is 6.29 Å². The van der Waals surface area contributed by atoms with Gasteiger partial charge in [0.05, 0.1) is 0 Å². The van der Waals surface area contributed by atoms with E-state index in [1.807, 2.05) is 26.0 Å². The molecule has 0 aromatic heterocycles. The summed E-state index contributed by atoms with van der Waals surface area (Å²) in [4.78, 5) is 11.0. The van der Waals surface area contributed by atoms with Gasteiger partial charge in [0.2, 0.25) is 0 Å². The van der Waals surface area contributed by atoms with Crippen molar-refractivity contribution in [2.75, 3.05) is 0 Å². The highest BCUT2D eigenvalue weighted by atomic mass is 16.3. The summed E-state index contributed by atoms with van der Waals surface area (Å²) in [6.07, 6.45) is 1.43. The molecule has 3 heteroatoms. The summed E-state index contributed by atoms with van der Waals surface area (Å²) in [5.41, 5.74) is 1.33. The molecule has 0 aliphatic heterocycles. The highest BCUT2D eigenvalue weighted by molar-refractivity contribution is 5.76. The Kier molecular flexibility index (Phi) is 3.79. The molecule has 2 N–H and O–H groups in total. The third-order valence-corrected chi connectivity index (χ3v) is 3.96. The molecule has 0 bridgehead atoms. The van der Waals surface area contributed by atoms with Gasteiger partial charge >= 0.3 is 0 Å². The van der Waals surface area contributed by atoms with E-state index in [9.17, 15) is 15.0 Å². The first-order valence-corrected chi connectivity index (χ1v) is 6.60. The maximum atomic E-state index is 11.0. The van der Waals surface area contributed by atoms with Crippen LogP contribution in [0, 0.1) is 0 Å². The average molecular weight is 270 g/mol. The van der Waals surface area contributed by atoms with E-state index in [0.29, 0.717) is 17.5 Å². The van der Waals surface area contributed by atoms with Gasteiger partial charge in [-0.2, -0.15) is 0 Å². The predicted molar refractivity (Wildman–Crippen MR) is 78.3 cm³/mol. The Morgan fingerprint density at radius 1 is 1.05 bits per heavy atom. The Morgan fingerprint density at radius 2 is 1.70 bits per heavy atom. The minimum Gasteiger partial charge on any atom is -0.508 e. The Bertz CT molecular complexity index is 634. The maximum absolute atomic E-state index is 11.0. The quantitative estimate of drug-likeness (QED) is 0.834. The summed E-state index contributed by atoms with van der Waals surface area (Å²) >= 11 is 0. The molecule has 2 aromatic carbocycles. The Morgan fingerprint density at radius 3 is 2.30 bits per heavy atom. The molecule has 0 spiro atoms. The fourth-order valence-corrected chi connectivity index (χ4v) is 2.54. The van der Waals surface area contributed by atoms with Crippen molar-refractivity contribution in [3.8, 4) is 11.5 Å². The van der Waals surface area contributed by atoms with Crippen LogP contribution >= 0.6 is 0 Å². The summed E-state index contributed by atoms with van der Waals surface area (Å²) in [5, 5.41) is 20.3. The molecule has 20 heavy (non-hydrogen) atoms. The van der Waals surface area contributed by atoms with Crippen LogP contribution in [-0.4, -0.2) is 16.5 Å². The van der Waals surface area contributed by atoms with E-state index in [1.165, 1.54) is 6.07 Å². The van der Waals surface area contributed by atoms with Crippen LogP contribution < -0.4 is 0 Å². The fourth-order valence-electron chi connectivity index (χ4n) is 2.54. The van der Waals surface area contributed by atoms with Crippen molar-refractivity contribution in [1.82, 2.24) is 0 Å². The number of hydrogen-bond acceptors (Lipinski definition) is 3. The number of phenolic OH excluding ortho intramolecular Hbond substituents is 2. The number of benzene rings is 2. The van der Waals surface area contributed by atoms with Gasteiger partial charge in [0.1, 0.15) is 17.8 Å². The molecule has 0 radical (unpaired) electrons. The van der Waals surface area contributed by atoms with Crippen molar-refractivity contribution in [3.63, 3.8) is 0 Å². The van der Waals surface area contributed by atoms with Crippen LogP contribution in [0.2, 0.25) is 0 Å². The van der Waals surface area contributed by atoms with Gasteiger partial charge in [-0.05, 0) is 30.7 Å². The third-order valence-electron chi connectivity index (χ3n) is 3.96. The molecule has 0 saturated carbocycles. The minimum absolute atomic E-state index is 0.128. The molecule has 3 nitrogen and oxygen atoms in total. The van der Waals surface area contributed by atoms with E-state index < -0.39 is 5.41 Å². The summed E-state index contributed by atoms with van der Waals surface area (Å²) in [5.74, 6) is 0.316. The van der Waals surface area contributed by atoms with Gasteiger partial charge < -0.3 is 10.2 Å². The Labute approximate surface area is 118 Å². The zero-order chi connectivity index (χ0) is 14.8. The van der Waals surface area contributed by atoms with Gasteiger partial charge in [0, 0.05) is 22.1 Å². The van der Waals surface area contributed by atoms with Crippen molar-refractivity contribution in [3.05, 3.63) is 59.2 Å². The minimum atomic E-state index is -0.561. The van der Waals surface area contributed by atoms with E-state index in [1.54, 1.807) is 24.3 Å². The molecule has 0 aliphatic rings. The first kappa shape index (κ1) is 14.1. The van der Waals surface area contributed by atoms with E-state index in [4.69, 9.17) is 0 Å². The van der Waals surface area contributed by atoms with E-state index >= 15 is 0 Å². The average Bonchev–Trinajstić information content (AvgIpc) is 2.47. The van der Waals surface area contributed by atoms with Gasteiger partial charge in [-0.1, -0.05) is 32.0 Å². The number of aromatic hydroxyl groups is 2. The van der Waals surface area contributed by atoms with E-state index in [2.05, 4.69) is 0 Å². The number of para-hydroxylation sites is 1. The van der Waals surface area contributed by atoms with Crippen molar-refractivity contribution in [2.24, 2.45) is 0 Å². The lowest BCUT2D eigenvalue weighted by Crippen LogP contribution is -2.23. The fraction of sp³-hybridized carbons (Fsp3) is 0.235. The van der Waals surface area contributed by atoms with Crippen molar-refractivity contribution in [1.29, 1.82) is 0 Å². The van der Waals surface area contributed by atoms with Crippen LogP contribution in [0.15, 0.2) is 42.5 Å². The number of hydrogen-bond donors (Lipinski definition) is 2. The molecule has 0 saturated heterocycles. The van der Waals surface area contributed by atoms with E-state index in [0.717, 1.165) is 11.8 Å². The van der Waals surface area contributed by atoms with Crippen molar-refractivity contribution < 1.29 is 15.0 Å². The number of carbonyl (C=O) groups is 1. The second-order valence-electron chi connectivity index (χ2n) is 5.10. The summed E-state index contributed by atoms with van der Waals surface area (Å²) in [6.45, 7) is 3.94. The summed E-state index contributed by atoms with van der Waals surface area (Å²) < 4.78 is 0. The normalized spacial score (nSPS) is 13.7. The van der Waals surface area contributed by atoms with Crippen molar-refractivity contribution in [2.45, 2.75) is 25.7 Å². The molecular weight excluding hydrogens is 252 g/mol. The van der Waals surface area contributed by atoms with Gasteiger partial charge in [0.25, 0.3) is 0 Å². The molecule has 2 aromatic rings. The van der Waals surface area contributed by atoms with Gasteiger partial charge in [-0.25, -0.2) is 0 Å². The monoisotopic (exact) mass is 270 g/mol. The largest absolute Gasteiger partial charge is 0.508 e. The SMILES string of the molecule is CCC(C)(c1ccccc1O)c1cc(C=O)ccc1O. The number of aldehydes is 1. The first-order chi connectivity index (χ1) is 9.52. The van der Waals surface area contributed by atoms with Crippen LogP contribution in [0.1, 0.15) is 41.8 Å². The molecule has 0 fully saturated rings. The Balaban J connectivity index is 2.68. The standard InChI is InChI=1S/C17H18O3/c1-3-17(2,13-6-4-5-7-15(13)19)14-10-12(11-18)8-9-16(14)20/h4-11,19-20H,3H2,1-2H3. The van der Waals surface area contributed by atoms with Crippen LogP contribution in [0.4, 0.5) is 0 Å². The molecule has 0 amide bonds. The topological polar surface area (TPSA) is 57.5 Å². The number of carbonyl (C=O) groups excluding carboxylic acids is 1. The molecule has 1 unspecified atom stereocenters. The third kappa shape index (κ3) is 2.27. The molecule has 1 atom stereocenters. The van der Waals surface area contributed by atoms with Gasteiger partial charge in [-0.3, -0.25) is 4.79 Å². The van der Waals surface area contributed by atoms with Gasteiger partial charge in [-0.15, -0.1) is 0 Å². The second kappa shape index (κ2) is 5.37. The lowest BCUT2D eigenvalue weighted by Gasteiger charge is -2.31. The summed E-state index contributed by atoms with van der Waals surface area (Å²) in [6, 6.07) is 11.9. The van der Waals surface area contributed by atoms with Crippen LogP contribution in [0.5, 0.6) is 11.5 Å². The van der Waals surface area contributed by atoms with Crippen LogP contribution in [-0.2, 0) is 5.41 Å². The van der Waals surface area contributed by atoms with E-state index in [-0.39, 0.29) is 11.5 Å². The molecule has 2 rings (SSSR count). The Hall–Kier alpha value is -2.29. The number of rotatable bonds is 4. The highest BCUT2D eigenvalue weighted by Gasteiger charge is 2.32. The number of phenols is 2. The molecule has 104 valence electrons. The van der Waals surface area contributed by atoms with Crippen LogP contribution in [0.3, 0.4) is 0 Å². The summed E-state index contributed by atoms with van der Waals surface area (Å²) in [7, 11) is 0. The smallest absolute Gasteiger partial charge is 0.150 e. The van der Waals surface area contributed by atoms with Gasteiger partial charge in [0.15, 0.2) is 0 Å². The zero-order valence-corrected chi connectivity index (χ0v) is 11.6. The first-order valence-electron chi connectivity index (χ1n) is 6.60. The maximum Gasteiger partial charge on any atom is 0.150 e. The zero-order valence-electron chi connectivity index (χ0n) is 11.6. The lowest BCUT2D eigenvalue weighted by molar-refractivity contribution is 0.112. The second-order valence-corrected chi connectivity index (χ2v) is 5.10. The molecular formula is C17H18O3. The predicted octanol–water partition coefficient (Wildman–Crippen LogP) is 3.63. The van der Waals surface area contributed by atoms with Crippen LogP contribution in [0.25, 0.3) is 0 Å². The highest BCUT2D eigenvalue weighted by Crippen LogP contribution is 2.43. The molecule has 0 heterocycles. The lowest BCUT2D eigenvalue weighted by atomic mass is 9.73. The molecule has 0 aliphatic carbocycles.